The molecule has 0 fully saturated rings. The van der Waals surface area contributed by atoms with Crippen molar-refractivity contribution in [3.63, 3.8) is 0 Å². The minimum atomic E-state index is -3.23. The van der Waals surface area contributed by atoms with Gasteiger partial charge in [0, 0.05) is 34.9 Å². The lowest BCUT2D eigenvalue weighted by molar-refractivity contribution is -0.108. The maximum absolute atomic E-state index is 15.8. The van der Waals surface area contributed by atoms with E-state index in [1.165, 1.54) is 30.8 Å². The average molecular weight is 689 g/mol. The highest BCUT2D eigenvalue weighted by atomic mass is 79.9. The highest BCUT2D eigenvalue weighted by molar-refractivity contribution is 9.10. The van der Waals surface area contributed by atoms with Gasteiger partial charge in [-0.2, -0.15) is 0 Å². The van der Waals surface area contributed by atoms with Gasteiger partial charge in [0.25, 0.3) is 0 Å². The SMILES string of the molecule is CCC(OCCS(=O)(=O)CC)C1(c2cc3c(Nc4ccc(OCc5cccc(F)c5)c(Br)c4)ncnc3cc2F)CC=CO1. The van der Waals surface area contributed by atoms with Crippen LogP contribution in [0.4, 0.5) is 20.3 Å². The first-order chi connectivity index (χ1) is 21.1. The normalized spacial score (nSPS) is 17.0. The van der Waals surface area contributed by atoms with E-state index >= 15 is 4.39 Å². The van der Waals surface area contributed by atoms with Crippen LogP contribution in [-0.4, -0.2) is 42.6 Å². The van der Waals surface area contributed by atoms with Crippen LogP contribution < -0.4 is 10.1 Å². The second kappa shape index (κ2) is 13.6. The molecule has 1 aromatic heterocycles. The molecule has 5 rings (SSSR count). The minimum Gasteiger partial charge on any atom is -0.488 e. The fourth-order valence-corrected chi connectivity index (χ4v) is 6.29. The molecule has 0 aliphatic carbocycles. The van der Waals surface area contributed by atoms with Crippen molar-refractivity contribution in [2.75, 3.05) is 23.4 Å². The first-order valence-corrected chi connectivity index (χ1v) is 16.8. The summed E-state index contributed by atoms with van der Waals surface area (Å²) in [5, 5.41) is 3.84. The van der Waals surface area contributed by atoms with Crippen molar-refractivity contribution in [1.29, 1.82) is 0 Å². The molecule has 1 N–H and O–H groups in total. The van der Waals surface area contributed by atoms with Crippen LogP contribution >= 0.6 is 15.9 Å². The summed E-state index contributed by atoms with van der Waals surface area (Å²) in [4.78, 5) is 8.70. The van der Waals surface area contributed by atoms with E-state index in [4.69, 9.17) is 14.2 Å². The van der Waals surface area contributed by atoms with Gasteiger partial charge in [0.2, 0.25) is 0 Å². The molecule has 2 unspecified atom stereocenters. The molecule has 1 aliphatic rings. The molecule has 0 saturated carbocycles. The van der Waals surface area contributed by atoms with Crippen molar-refractivity contribution in [2.45, 2.75) is 45.0 Å². The molecule has 12 heteroatoms. The predicted octanol–water partition coefficient (Wildman–Crippen LogP) is 7.35. The Morgan fingerprint density at radius 1 is 1.11 bits per heavy atom. The standard InChI is InChI=1S/C32H32BrF2N3O5S/c1-3-30(41-13-14-44(39,40)4-2)32(11-6-12-43-32)25-17-24-28(18-27(25)35)36-20-37-31(24)38-23-9-10-29(26(33)16-23)42-19-21-7-5-8-22(34)15-21/h5-10,12,15-18,20,30H,3-4,11,13-14,19H2,1-2H3,(H,36,37,38). The van der Waals surface area contributed by atoms with Gasteiger partial charge >= 0.3 is 0 Å². The summed E-state index contributed by atoms with van der Waals surface area (Å²) in [6.07, 6.45) is 4.86. The van der Waals surface area contributed by atoms with Crippen LogP contribution in [0.5, 0.6) is 5.75 Å². The van der Waals surface area contributed by atoms with Crippen molar-refractivity contribution in [3.05, 3.63) is 100 Å². The summed E-state index contributed by atoms with van der Waals surface area (Å²) >= 11 is 3.54. The Labute approximate surface area is 263 Å². The third-order valence-electron chi connectivity index (χ3n) is 7.50. The monoisotopic (exact) mass is 687 g/mol. The van der Waals surface area contributed by atoms with Gasteiger partial charge in [-0.05, 0) is 70.4 Å². The molecule has 8 nitrogen and oxygen atoms in total. The molecule has 0 bridgehead atoms. The fourth-order valence-electron chi connectivity index (χ4n) is 5.16. The second-order valence-electron chi connectivity index (χ2n) is 10.3. The molecule has 0 radical (unpaired) electrons. The minimum absolute atomic E-state index is 0.0205. The van der Waals surface area contributed by atoms with Crippen LogP contribution in [0.3, 0.4) is 0 Å². The molecule has 2 atom stereocenters. The van der Waals surface area contributed by atoms with E-state index in [0.29, 0.717) is 51.0 Å². The van der Waals surface area contributed by atoms with Gasteiger partial charge in [-0.3, -0.25) is 0 Å². The third kappa shape index (κ3) is 7.03. The van der Waals surface area contributed by atoms with Gasteiger partial charge < -0.3 is 19.5 Å². The number of hydrogen-bond donors (Lipinski definition) is 1. The summed E-state index contributed by atoms with van der Waals surface area (Å²) in [5.74, 6) is 0.0635. The largest absolute Gasteiger partial charge is 0.488 e. The van der Waals surface area contributed by atoms with Gasteiger partial charge in [-0.25, -0.2) is 27.2 Å². The molecule has 0 saturated heterocycles. The van der Waals surface area contributed by atoms with E-state index in [2.05, 4.69) is 31.2 Å². The van der Waals surface area contributed by atoms with Crippen LogP contribution in [-0.2, 0) is 31.5 Å². The Morgan fingerprint density at radius 2 is 1.95 bits per heavy atom. The Kier molecular flexibility index (Phi) is 9.81. The number of nitrogens with zero attached hydrogens (tertiary/aromatic N) is 2. The Balaban J connectivity index is 1.41. The summed E-state index contributed by atoms with van der Waals surface area (Å²) in [5.41, 5.74) is 0.846. The van der Waals surface area contributed by atoms with Crippen molar-refractivity contribution in [3.8, 4) is 5.75 Å². The van der Waals surface area contributed by atoms with Crippen LogP contribution in [0, 0.1) is 11.6 Å². The van der Waals surface area contributed by atoms with Crippen LogP contribution in [0.1, 0.15) is 37.8 Å². The molecule has 2 heterocycles. The molecule has 1 aliphatic heterocycles. The number of benzene rings is 3. The van der Waals surface area contributed by atoms with Gasteiger partial charge in [-0.15, -0.1) is 0 Å². The number of anilines is 2. The fraction of sp³-hybridized carbons (Fsp3) is 0.312. The van der Waals surface area contributed by atoms with Gasteiger partial charge in [0.1, 0.15) is 42.2 Å². The Morgan fingerprint density at radius 3 is 2.66 bits per heavy atom. The number of rotatable bonds is 13. The van der Waals surface area contributed by atoms with Gasteiger partial charge in [0.15, 0.2) is 15.4 Å². The zero-order valence-corrected chi connectivity index (χ0v) is 26.6. The zero-order valence-electron chi connectivity index (χ0n) is 24.2. The third-order valence-corrected chi connectivity index (χ3v) is 9.79. The molecule has 232 valence electrons. The van der Waals surface area contributed by atoms with E-state index in [1.807, 2.05) is 13.0 Å². The van der Waals surface area contributed by atoms with Crippen LogP contribution in [0.25, 0.3) is 10.9 Å². The van der Waals surface area contributed by atoms with Gasteiger partial charge in [-0.1, -0.05) is 26.0 Å². The number of fused-ring (bicyclic) bond motifs is 1. The molecule has 44 heavy (non-hydrogen) atoms. The summed E-state index contributed by atoms with van der Waals surface area (Å²) < 4.78 is 72.0. The molecule has 0 amide bonds. The van der Waals surface area contributed by atoms with E-state index < -0.39 is 27.4 Å². The van der Waals surface area contributed by atoms with Crippen molar-refractivity contribution in [2.24, 2.45) is 0 Å². The van der Waals surface area contributed by atoms with Gasteiger partial charge in [0.05, 0.1) is 28.6 Å². The maximum atomic E-state index is 15.8. The summed E-state index contributed by atoms with van der Waals surface area (Å²) in [7, 11) is -3.23. The van der Waals surface area contributed by atoms with Crippen LogP contribution in [0.15, 0.2) is 77.7 Å². The smallest absolute Gasteiger partial charge is 0.165 e. The number of halogens is 3. The lowest BCUT2D eigenvalue weighted by Crippen LogP contribution is -2.42. The first-order valence-electron chi connectivity index (χ1n) is 14.2. The van der Waals surface area contributed by atoms with E-state index in [0.717, 1.165) is 0 Å². The first kappa shape index (κ1) is 31.8. The van der Waals surface area contributed by atoms with E-state index in [-0.39, 0.29) is 36.1 Å². The van der Waals surface area contributed by atoms with Crippen molar-refractivity contribution >= 4 is 48.2 Å². The number of sulfone groups is 1. The Bertz CT molecular complexity index is 1780. The van der Waals surface area contributed by atoms with Crippen molar-refractivity contribution in [1.82, 2.24) is 9.97 Å². The van der Waals surface area contributed by atoms with Crippen molar-refractivity contribution < 1.29 is 31.4 Å². The number of aromatic nitrogens is 2. The highest BCUT2D eigenvalue weighted by Gasteiger charge is 2.46. The predicted molar refractivity (Wildman–Crippen MR) is 169 cm³/mol. The lowest BCUT2D eigenvalue weighted by atomic mass is 9.83. The quantitative estimate of drug-likeness (QED) is 0.156. The summed E-state index contributed by atoms with van der Waals surface area (Å²) in [6.45, 7) is 3.65. The average Bonchev–Trinajstić information content (AvgIpc) is 3.49. The zero-order chi connectivity index (χ0) is 31.3. The molecule has 0 spiro atoms. The van der Waals surface area contributed by atoms with E-state index in [1.54, 1.807) is 43.3 Å². The molecule has 4 aromatic rings. The lowest BCUT2D eigenvalue weighted by Gasteiger charge is -2.37. The van der Waals surface area contributed by atoms with E-state index in [9.17, 15) is 12.8 Å². The number of ether oxygens (including phenoxy) is 3. The Hall–Kier alpha value is -3.61. The highest BCUT2D eigenvalue weighted by Crippen LogP contribution is 2.43. The van der Waals surface area contributed by atoms with Crippen LogP contribution in [0.2, 0.25) is 0 Å². The molecular weight excluding hydrogens is 656 g/mol. The molecular formula is C32H32BrF2N3O5S. The number of hydrogen-bond acceptors (Lipinski definition) is 8. The maximum Gasteiger partial charge on any atom is 0.165 e. The number of nitrogens with one attached hydrogen (secondary N) is 1. The second-order valence-corrected chi connectivity index (χ2v) is 13.7. The molecule has 3 aromatic carbocycles. The topological polar surface area (TPSA) is 99.6 Å². The summed E-state index contributed by atoms with van der Waals surface area (Å²) in [6, 6.07) is 14.6.